The zero-order chi connectivity index (χ0) is 13.8. The number of halogens is 2. The van der Waals surface area contributed by atoms with E-state index in [-0.39, 0.29) is 6.04 Å². The molecule has 2 rings (SSSR count). The summed E-state index contributed by atoms with van der Waals surface area (Å²) < 4.78 is 1.88. The van der Waals surface area contributed by atoms with Gasteiger partial charge in [-0.3, -0.25) is 16.0 Å². The number of hydrazine groups is 1. The van der Waals surface area contributed by atoms with Gasteiger partial charge in [-0.25, -0.2) is 0 Å². The van der Waals surface area contributed by atoms with E-state index >= 15 is 0 Å². The minimum Gasteiger partial charge on any atom is -0.273 e. The first-order valence-electron chi connectivity index (χ1n) is 6.05. The van der Waals surface area contributed by atoms with Crippen molar-refractivity contribution in [3.05, 3.63) is 51.8 Å². The summed E-state index contributed by atoms with van der Waals surface area (Å²) in [6.45, 7) is 2.90. The minimum absolute atomic E-state index is 0.0503. The van der Waals surface area contributed by atoms with Gasteiger partial charge < -0.3 is 0 Å². The number of hydrogen-bond donors (Lipinski definition) is 2. The molecule has 0 saturated carbocycles. The van der Waals surface area contributed by atoms with E-state index in [0.717, 1.165) is 24.1 Å². The molecule has 0 radical (unpaired) electrons. The van der Waals surface area contributed by atoms with Gasteiger partial charge in [0.2, 0.25) is 0 Å². The van der Waals surface area contributed by atoms with Crippen LogP contribution in [0.15, 0.2) is 30.6 Å². The largest absolute Gasteiger partial charge is 0.273 e. The highest BCUT2D eigenvalue weighted by molar-refractivity contribution is 6.34. The molecule has 0 bridgehead atoms. The van der Waals surface area contributed by atoms with E-state index in [0.29, 0.717) is 10.0 Å². The number of nitrogens with two attached hydrogens (primary N) is 1. The third kappa shape index (κ3) is 3.70. The lowest BCUT2D eigenvalue weighted by Crippen LogP contribution is -2.29. The number of rotatable bonds is 5. The molecule has 0 saturated heterocycles. The summed E-state index contributed by atoms with van der Waals surface area (Å²) in [4.78, 5) is 0. The van der Waals surface area contributed by atoms with Crippen LogP contribution in [-0.2, 0) is 13.0 Å². The molecule has 1 aromatic carbocycles. The van der Waals surface area contributed by atoms with Gasteiger partial charge >= 0.3 is 0 Å². The van der Waals surface area contributed by atoms with E-state index in [1.165, 1.54) is 0 Å². The van der Waals surface area contributed by atoms with E-state index in [2.05, 4.69) is 10.5 Å². The standard InChI is InChI=1S/C13H16Cl2N4/c1-2-19-8-9(7-17-19)3-13(18-16)10-4-11(14)6-12(15)5-10/h4-8,13,18H,2-3,16H2,1H3. The summed E-state index contributed by atoms with van der Waals surface area (Å²) in [5, 5.41) is 5.45. The molecule has 0 aliphatic heterocycles. The lowest BCUT2D eigenvalue weighted by Gasteiger charge is -2.16. The van der Waals surface area contributed by atoms with Gasteiger partial charge in [-0.15, -0.1) is 0 Å². The quantitative estimate of drug-likeness (QED) is 0.659. The van der Waals surface area contributed by atoms with Crippen molar-refractivity contribution in [3.63, 3.8) is 0 Å². The molecule has 3 N–H and O–H groups in total. The first-order valence-corrected chi connectivity index (χ1v) is 6.81. The summed E-state index contributed by atoms with van der Waals surface area (Å²) in [5.74, 6) is 5.63. The Balaban J connectivity index is 2.19. The van der Waals surface area contributed by atoms with E-state index < -0.39 is 0 Å². The van der Waals surface area contributed by atoms with Crippen molar-refractivity contribution in [2.24, 2.45) is 5.84 Å². The third-order valence-corrected chi connectivity index (χ3v) is 3.38. The van der Waals surface area contributed by atoms with Crippen molar-refractivity contribution >= 4 is 23.2 Å². The Morgan fingerprint density at radius 1 is 1.32 bits per heavy atom. The van der Waals surface area contributed by atoms with Crippen LogP contribution in [0.2, 0.25) is 10.0 Å². The van der Waals surface area contributed by atoms with Gasteiger partial charge in [-0.1, -0.05) is 23.2 Å². The zero-order valence-electron chi connectivity index (χ0n) is 10.6. The summed E-state index contributed by atoms with van der Waals surface area (Å²) in [6.07, 6.45) is 4.59. The van der Waals surface area contributed by atoms with Crippen molar-refractivity contribution in [2.75, 3.05) is 0 Å². The molecule has 0 fully saturated rings. The van der Waals surface area contributed by atoms with Crippen LogP contribution in [0.5, 0.6) is 0 Å². The maximum atomic E-state index is 6.01. The van der Waals surface area contributed by atoms with Crippen LogP contribution in [-0.4, -0.2) is 9.78 Å². The predicted molar refractivity (Wildman–Crippen MR) is 78.1 cm³/mol. The molecule has 4 nitrogen and oxygen atoms in total. The van der Waals surface area contributed by atoms with Crippen LogP contribution in [0.3, 0.4) is 0 Å². The highest BCUT2D eigenvalue weighted by atomic mass is 35.5. The number of aryl methyl sites for hydroxylation is 1. The fraction of sp³-hybridized carbons (Fsp3) is 0.308. The van der Waals surface area contributed by atoms with Crippen molar-refractivity contribution in [1.29, 1.82) is 0 Å². The van der Waals surface area contributed by atoms with Crippen molar-refractivity contribution in [2.45, 2.75) is 25.9 Å². The van der Waals surface area contributed by atoms with E-state index in [9.17, 15) is 0 Å². The second-order valence-corrected chi connectivity index (χ2v) is 5.20. The molecule has 0 spiro atoms. The minimum atomic E-state index is -0.0503. The molecule has 19 heavy (non-hydrogen) atoms. The molecule has 2 aromatic rings. The van der Waals surface area contributed by atoms with Crippen LogP contribution in [0, 0.1) is 0 Å². The Kier molecular flexibility index (Phi) is 4.82. The summed E-state index contributed by atoms with van der Waals surface area (Å²) in [7, 11) is 0. The maximum Gasteiger partial charge on any atom is 0.0522 e. The Morgan fingerprint density at radius 2 is 2.00 bits per heavy atom. The van der Waals surface area contributed by atoms with Gasteiger partial charge in [-0.2, -0.15) is 5.10 Å². The monoisotopic (exact) mass is 298 g/mol. The lowest BCUT2D eigenvalue weighted by atomic mass is 10.0. The number of nitrogens with zero attached hydrogens (tertiary/aromatic N) is 2. The van der Waals surface area contributed by atoms with E-state index in [4.69, 9.17) is 29.0 Å². The highest BCUT2D eigenvalue weighted by Crippen LogP contribution is 2.25. The van der Waals surface area contributed by atoms with Crippen LogP contribution in [0.25, 0.3) is 0 Å². The van der Waals surface area contributed by atoms with Gasteiger partial charge in [0.1, 0.15) is 0 Å². The molecule has 6 heteroatoms. The molecule has 0 aliphatic carbocycles. The Hall–Kier alpha value is -1.07. The first-order chi connectivity index (χ1) is 9.12. The fourth-order valence-corrected chi connectivity index (χ4v) is 2.51. The van der Waals surface area contributed by atoms with Crippen LogP contribution in [0.1, 0.15) is 24.1 Å². The molecule has 1 heterocycles. The number of nitrogens with one attached hydrogen (secondary N) is 1. The second-order valence-electron chi connectivity index (χ2n) is 4.33. The van der Waals surface area contributed by atoms with Crippen LogP contribution in [0.4, 0.5) is 0 Å². The average Bonchev–Trinajstić information content (AvgIpc) is 2.82. The molecule has 1 aromatic heterocycles. The van der Waals surface area contributed by atoms with E-state index in [1.807, 2.05) is 36.1 Å². The Morgan fingerprint density at radius 3 is 2.53 bits per heavy atom. The normalized spacial score (nSPS) is 12.6. The number of aromatic nitrogens is 2. The number of benzene rings is 1. The molecule has 1 atom stereocenters. The van der Waals surface area contributed by atoms with E-state index in [1.54, 1.807) is 6.07 Å². The van der Waals surface area contributed by atoms with Crippen LogP contribution >= 0.6 is 23.2 Å². The van der Waals surface area contributed by atoms with Gasteiger partial charge in [0.15, 0.2) is 0 Å². The fourth-order valence-electron chi connectivity index (χ4n) is 1.97. The molecule has 0 aliphatic rings. The van der Waals surface area contributed by atoms with Crippen LogP contribution < -0.4 is 11.3 Å². The van der Waals surface area contributed by atoms with Gasteiger partial charge in [0.05, 0.1) is 12.2 Å². The molecule has 1 unspecified atom stereocenters. The molecular formula is C13H16Cl2N4. The lowest BCUT2D eigenvalue weighted by molar-refractivity contribution is 0.551. The topological polar surface area (TPSA) is 55.9 Å². The average molecular weight is 299 g/mol. The first kappa shape index (κ1) is 14.3. The molecular weight excluding hydrogens is 283 g/mol. The highest BCUT2D eigenvalue weighted by Gasteiger charge is 2.13. The third-order valence-electron chi connectivity index (χ3n) is 2.94. The van der Waals surface area contributed by atoms with Gasteiger partial charge in [-0.05, 0) is 42.7 Å². The Bertz CT molecular complexity index is 533. The van der Waals surface area contributed by atoms with Gasteiger partial charge in [0.25, 0.3) is 0 Å². The Labute approximate surface area is 122 Å². The maximum absolute atomic E-state index is 6.01. The second kappa shape index (κ2) is 6.39. The molecule has 102 valence electrons. The van der Waals surface area contributed by atoms with Crippen molar-refractivity contribution in [1.82, 2.24) is 15.2 Å². The summed E-state index contributed by atoms with van der Waals surface area (Å²) >= 11 is 12.0. The van der Waals surface area contributed by atoms with Crippen molar-refractivity contribution < 1.29 is 0 Å². The smallest absolute Gasteiger partial charge is 0.0522 e. The summed E-state index contributed by atoms with van der Waals surface area (Å²) in [6, 6.07) is 5.38. The SMILES string of the molecule is CCn1cc(CC(NN)c2cc(Cl)cc(Cl)c2)cn1. The number of hydrogen-bond acceptors (Lipinski definition) is 3. The molecule has 0 amide bonds. The summed E-state index contributed by atoms with van der Waals surface area (Å²) in [5.41, 5.74) is 4.87. The van der Waals surface area contributed by atoms with Crippen molar-refractivity contribution in [3.8, 4) is 0 Å². The van der Waals surface area contributed by atoms with Gasteiger partial charge in [0, 0.05) is 22.8 Å². The predicted octanol–water partition coefficient (Wildman–Crippen LogP) is 2.96. The zero-order valence-corrected chi connectivity index (χ0v) is 12.1.